The zero-order chi connectivity index (χ0) is 17.4. The summed E-state index contributed by atoms with van der Waals surface area (Å²) in [6, 6.07) is 0.828. The molecule has 0 aromatic carbocycles. The van der Waals surface area contributed by atoms with Gasteiger partial charge in [0.05, 0.1) is 24.5 Å². The summed E-state index contributed by atoms with van der Waals surface area (Å²) < 4.78 is 15.3. The Morgan fingerprint density at radius 1 is 1.16 bits per heavy atom. The molecule has 0 aromatic rings. The Bertz CT molecular complexity index is 540. The SMILES string of the molecule is CC1=CC([S+]([O-])N2CCN=C2N2CCN(C3CCC3)CC2)CC(C)C1. The van der Waals surface area contributed by atoms with Crippen LogP contribution in [0.4, 0.5) is 0 Å². The number of guanidine groups is 1. The standard InChI is InChI=1S/C19H32N4OS/c1-15-12-16(2)14-18(13-15)25(24)23-7-6-20-19(23)22-10-8-21(9-11-22)17-4-3-5-17/h13,16-18H,3-12,14H2,1-2H3. The minimum Gasteiger partial charge on any atom is -0.592 e. The van der Waals surface area contributed by atoms with Crippen molar-refractivity contribution in [2.45, 2.75) is 57.2 Å². The third kappa shape index (κ3) is 3.71. The van der Waals surface area contributed by atoms with Gasteiger partial charge in [-0.1, -0.05) is 18.9 Å². The molecule has 5 nitrogen and oxygen atoms in total. The second kappa shape index (κ2) is 7.49. The van der Waals surface area contributed by atoms with Crippen LogP contribution in [0.1, 0.15) is 46.0 Å². The molecule has 25 heavy (non-hydrogen) atoms. The van der Waals surface area contributed by atoms with Gasteiger partial charge in [0, 0.05) is 38.6 Å². The molecule has 2 aliphatic heterocycles. The van der Waals surface area contributed by atoms with Gasteiger partial charge in [0.2, 0.25) is 5.96 Å². The quantitative estimate of drug-likeness (QED) is 0.569. The van der Waals surface area contributed by atoms with Gasteiger partial charge in [0.1, 0.15) is 0 Å². The Balaban J connectivity index is 1.38. The molecule has 0 radical (unpaired) electrons. The Morgan fingerprint density at radius 2 is 1.92 bits per heavy atom. The first kappa shape index (κ1) is 17.7. The third-order valence-electron chi connectivity index (χ3n) is 6.22. The molecule has 0 amide bonds. The van der Waals surface area contributed by atoms with Crippen LogP contribution >= 0.6 is 0 Å². The van der Waals surface area contributed by atoms with Crippen molar-refractivity contribution in [3.63, 3.8) is 0 Å². The molecule has 2 fully saturated rings. The summed E-state index contributed by atoms with van der Waals surface area (Å²) in [5, 5.41) is 0.156. The zero-order valence-electron chi connectivity index (χ0n) is 15.7. The highest BCUT2D eigenvalue weighted by Crippen LogP contribution is 2.31. The van der Waals surface area contributed by atoms with E-state index in [0.717, 1.165) is 64.1 Å². The van der Waals surface area contributed by atoms with Gasteiger partial charge in [-0.25, -0.2) is 4.99 Å². The van der Waals surface area contributed by atoms with Gasteiger partial charge in [-0.15, -0.1) is 0 Å². The van der Waals surface area contributed by atoms with Gasteiger partial charge in [0.15, 0.2) is 5.25 Å². The highest BCUT2D eigenvalue weighted by atomic mass is 32.2. The average Bonchev–Trinajstić information content (AvgIpc) is 3.02. The number of piperazine rings is 1. The lowest BCUT2D eigenvalue weighted by atomic mass is 9.91. The van der Waals surface area contributed by atoms with Gasteiger partial charge in [-0.3, -0.25) is 4.90 Å². The summed E-state index contributed by atoms with van der Waals surface area (Å²) in [6.45, 7) is 10.4. The van der Waals surface area contributed by atoms with E-state index >= 15 is 0 Å². The van der Waals surface area contributed by atoms with Crippen molar-refractivity contribution in [1.82, 2.24) is 14.1 Å². The largest absolute Gasteiger partial charge is 0.592 e. The number of rotatable bonds is 3. The predicted molar refractivity (Wildman–Crippen MR) is 104 cm³/mol. The summed E-state index contributed by atoms with van der Waals surface area (Å²) >= 11 is -0.992. The van der Waals surface area contributed by atoms with E-state index in [1.807, 2.05) is 0 Å². The minimum absolute atomic E-state index is 0.156. The molecule has 4 aliphatic rings. The molecular weight excluding hydrogens is 332 g/mol. The lowest BCUT2D eigenvalue weighted by molar-refractivity contribution is 0.0833. The van der Waals surface area contributed by atoms with Crippen molar-refractivity contribution in [3.8, 4) is 0 Å². The topological polar surface area (TPSA) is 45.1 Å². The van der Waals surface area contributed by atoms with Crippen LogP contribution in [0.2, 0.25) is 0 Å². The Hall–Kier alpha value is -0.720. The summed E-state index contributed by atoms with van der Waals surface area (Å²) in [4.78, 5) is 9.76. The van der Waals surface area contributed by atoms with E-state index in [-0.39, 0.29) is 5.25 Å². The summed E-state index contributed by atoms with van der Waals surface area (Å²) in [5.74, 6) is 1.63. The van der Waals surface area contributed by atoms with E-state index in [4.69, 9.17) is 4.99 Å². The average molecular weight is 365 g/mol. The molecule has 3 atom stereocenters. The molecule has 0 bridgehead atoms. The van der Waals surface area contributed by atoms with E-state index < -0.39 is 11.4 Å². The highest BCUT2D eigenvalue weighted by molar-refractivity contribution is 7.90. The Kier molecular flexibility index (Phi) is 5.30. The fourth-order valence-corrected chi connectivity index (χ4v) is 6.44. The van der Waals surface area contributed by atoms with Crippen molar-refractivity contribution < 1.29 is 4.55 Å². The molecule has 6 heteroatoms. The first-order chi connectivity index (χ1) is 12.1. The molecule has 140 valence electrons. The monoisotopic (exact) mass is 364 g/mol. The van der Waals surface area contributed by atoms with Crippen molar-refractivity contribution in [2.24, 2.45) is 10.9 Å². The molecule has 4 rings (SSSR count). The van der Waals surface area contributed by atoms with Crippen LogP contribution in [-0.4, -0.2) is 75.2 Å². The smallest absolute Gasteiger partial charge is 0.239 e. The normalized spacial score (nSPS) is 33.1. The van der Waals surface area contributed by atoms with Gasteiger partial charge in [-0.05, 0) is 38.2 Å². The van der Waals surface area contributed by atoms with E-state index in [1.54, 1.807) is 0 Å². The second-order valence-electron chi connectivity index (χ2n) is 8.26. The predicted octanol–water partition coefficient (Wildman–Crippen LogP) is 2.24. The van der Waals surface area contributed by atoms with E-state index in [1.165, 1.54) is 24.8 Å². The fourth-order valence-electron chi connectivity index (χ4n) is 4.67. The molecule has 1 saturated heterocycles. The molecule has 0 N–H and O–H groups in total. The molecule has 2 aliphatic carbocycles. The van der Waals surface area contributed by atoms with Crippen LogP contribution in [0.25, 0.3) is 0 Å². The second-order valence-corrected chi connectivity index (χ2v) is 9.86. The van der Waals surface area contributed by atoms with E-state index in [0.29, 0.717) is 5.92 Å². The maximum absolute atomic E-state index is 13.2. The summed E-state index contributed by atoms with van der Waals surface area (Å²) in [5.41, 5.74) is 1.39. The molecule has 2 heterocycles. The third-order valence-corrected chi connectivity index (χ3v) is 7.85. The van der Waals surface area contributed by atoms with Crippen LogP contribution in [-0.2, 0) is 11.4 Å². The van der Waals surface area contributed by atoms with Gasteiger partial charge in [0.25, 0.3) is 0 Å². The maximum Gasteiger partial charge on any atom is 0.239 e. The van der Waals surface area contributed by atoms with Crippen molar-refractivity contribution in [3.05, 3.63) is 11.6 Å². The number of nitrogens with zero attached hydrogens (tertiary/aromatic N) is 4. The van der Waals surface area contributed by atoms with Crippen LogP contribution in [0, 0.1) is 5.92 Å². The zero-order valence-corrected chi connectivity index (χ0v) is 16.5. The van der Waals surface area contributed by atoms with Crippen LogP contribution in [0.3, 0.4) is 0 Å². The maximum atomic E-state index is 13.2. The summed E-state index contributed by atoms with van der Waals surface area (Å²) in [6.07, 6.45) is 8.59. The Labute approximate surface area is 155 Å². The Morgan fingerprint density at radius 3 is 2.56 bits per heavy atom. The number of hydrogen-bond donors (Lipinski definition) is 0. The van der Waals surface area contributed by atoms with E-state index in [9.17, 15) is 4.55 Å². The van der Waals surface area contributed by atoms with E-state index in [2.05, 4.69) is 34.0 Å². The van der Waals surface area contributed by atoms with Gasteiger partial charge >= 0.3 is 0 Å². The van der Waals surface area contributed by atoms with Crippen molar-refractivity contribution >= 4 is 17.3 Å². The fraction of sp³-hybridized carbons (Fsp3) is 0.842. The molecule has 0 aromatic heterocycles. The highest BCUT2D eigenvalue weighted by Gasteiger charge is 2.39. The molecule has 0 spiro atoms. The first-order valence-electron chi connectivity index (χ1n) is 10.0. The molecule has 1 saturated carbocycles. The van der Waals surface area contributed by atoms with Crippen LogP contribution in [0.5, 0.6) is 0 Å². The summed E-state index contributed by atoms with van der Waals surface area (Å²) in [7, 11) is 0. The number of hydrogen-bond acceptors (Lipinski definition) is 5. The van der Waals surface area contributed by atoms with Crippen LogP contribution < -0.4 is 0 Å². The number of aliphatic imine (C=N–C) groups is 1. The lowest BCUT2D eigenvalue weighted by Gasteiger charge is -2.44. The lowest BCUT2D eigenvalue weighted by Crippen LogP contribution is -2.57. The van der Waals surface area contributed by atoms with Gasteiger partial charge < -0.3 is 9.45 Å². The molecule has 3 unspecified atom stereocenters. The minimum atomic E-state index is -0.992. The van der Waals surface area contributed by atoms with Gasteiger partial charge in [-0.2, -0.15) is 4.31 Å². The number of allylic oxidation sites excluding steroid dienone is 1. The van der Waals surface area contributed by atoms with Crippen molar-refractivity contribution in [2.75, 3.05) is 39.3 Å². The van der Waals surface area contributed by atoms with Crippen LogP contribution in [0.15, 0.2) is 16.6 Å². The first-order valence-corrected chi connectivity index (χ1v) is 11.2. The molecular formula is C19H32N4OS. The van der Waals surface area contributed by atoms with Crippen molar-refractivity contribution in [1.29, 1.82) is 0 Å².